The number of ether oxygens (including phenoxy) is 1. The van der Waals surface area contributed by atoms with Gasteiger partial charge >= 0.3 is 0 Å². The van der Waals surface area contributed by atoms with Crippen LogP contribution in [0.1, 0.15) is 5.82 Å². The lowest BCUT2D eigenvalue weighted by Crippen LogP contribution is -2.07. The molecule has 1 aromatic heterocycles. The Bertz CT molecular complexity index is 578. The Morgan fingerprint density at radius 2 is 2.20 bits per heavy atom. The van der Waals surface area contributed by atoms with E-state index in [0.717, 1.165) is 0 Å². The highest BCUT2D eigenvalue weighted by Crippen LogP contribution is 2.25. The summed E-state index contributed by atoms with van der Waals surface area (Å²) in [5, 5.41) is 4.12. The average Bonchev–Trinajstić information content (AvgIpc) is 2.86. The topological polar surface area (TPSA) is 74.2 Å². The van der Waals surface area contributed by atoms with Crippen molar-refractivity contribution in [1.82, 2.24) is 10.1 Å². The Hall–Kier alpha value is -1.73. The van der Waals surface area contributed by atoms with Crippen molar-refractivity contribution in [1.29, 1.82) is 0 Å². The van der Waals surface area contributed by atoms with Crippen LogP contribution in [0.4, 0.5) is 14.5 Å². The number of nitrogens with two attached hydrogens (primary N) is 1. The number of halogens is 3. The number of nitrogen functional groups attached to an aromatic ring is 1. The Morgan fingerprint density at radius 1 is 1.40 bits per heavy atom. The minimum atomic E-state index is -2.48. The summed E-state index contributed by atoms with van der Waals surface area (Å²) >= 11 is 5.90. The van der Waals surface area contributed by atoms with Crippen LogP contribution in [0.3, 0.4) is 0 Å². The Labute approximate surface area is 118 Å². The van der Waals surface area contributed by atoms with Gasteiger partial charge in [-0.3, -0.25) is 0 Å². The summed E-state index contributed by atoms with van der Waals surface area (Å²) in [6.07, 6.45) is -2.19. The van der Waals surface area contributed by atoms with Crippen molar-refractivity contribution in [3.8, 4) is 11.5 Å². The van der Waals surface area contributed by atoms with E-state index in [-0.39, 0.29) is 12.5 Å². The average molecular weight is 304 g/mol. The van der Waals surface area contributed by atoms with Gasteiger partial charge in [0.15, 0.2) is 5.82 Å². The number of anilines is 1. The van der Waals surface area contributed by atoms with Crippen molar-refractivity contribution in [3.05, 3.63) is 29.0 Å². The third-order valence-corrected chi connectivity index (χ3v) is 2.76. The number of hydrogen-bond acceptors (Lipinski definition) is 5. The predicted octanol–water partition coefficient (Wildman–Crippen LogP) is 2.80. The summed E-state index contributed by atoms with van der Waals surface area (Å²) in [6.45, 7) is -0.496. The molecule has 5 nitrogen and oxygen atoms in total. The van der Waals surface area contributed by atoms with E-state index >= 15 is 0 Å². The molecule has 2 rings (SSSR count). The molecule has 1 heterocycles. The zero-order valence-corrected chi connectivity index (χ0v) is 11.1. The predicted molar refractivity (Wildman–Crippen MR) is 69.7 cm³/mol. The van der Waals surface area contributed by atoms with Crippen molar-refractivity contribution in [2.45, 2.75) is 12.8 Å². The highest BCUT2D eigenvalue weighted by Gasteiger charge is 2.10. The van der Waals surface area contributed by atoms with Gasteiger partial charge in [-0.15, -0.1) is 0 Å². The molecule has 0 atom stereocenters. The molecular weight excluding hydrogens is 292 g/mol. The maximum atomic E-state index is 11.9. The lowest BCUT2D eigenvalue weighted by atomic mass is 10.2. The summed E-state index contributed by atoms with van der Waals surface area (Å²) in [6, 6.07) is 4.95. The summed E-state index contributed by atoms with van der Waals surface area (Å²) in [4.78, 5) is 4.12. The van der Waals surface area contributed by atoms with Crippen LogP contribution in [0, 0.1) is 0 Å². The first kappa shape index (κ1) is 14.7. The molecule has 0 saturated heterocycles. The van der Waals surface area contributed by atoms with E-state index < -0.39 is 13.0 Å². The van der Waals surface area contributed by atoms with Gasteiger partial charge in [-0.2, -0.15) is 4.98 Å². The van der Waals surface area contributed by atoms with E-state index in [0.29, 0.717) is 28.5 Å². The van der Waals surface area contributed by atoms with E-state index in [9.17, 15) is 8.78 Å². The number of rotatable bonds is 6. The van der Waals surface area contributed by atoms with E-state index in [2.05, 4.69) is 10.1 Å². The molecule has 0 aliphatic rings. The molecule has 2 aromatic rings. The molecule has 8 heteroatoms. The Kier molecular flexibility index (Phi) is 4.86. The zero-order chi connectivity index (χ0) is 14.5. The van der Waals surface area contributed by atoms with E-state index in [1.165, 1.54) is 0 Å². The van der Waals surface area contributed by atoms with Crippen LogP contribution in [0.25, 0.3) is 11.5 Å². The van der Waals surface area contributed by atoms with E-state index in [4.69, 9.17) is 26.6 Å². The number of aromatic nitrogens is 2. The van der Waals surface area contributed by atoms with Crippen LogP contribution >= 0.6 is 11.6 Å². The highest BCUT2D eigenvalue weighted by atomic mass is 35.5. The van der Waals surface area contributed by atoms with Crippen molar-refractivity contribution >= 4 is 17.3 Å². The first-order valence-electron chi connectivity index (χ1n) is 5.80. The smallest absolute Gasteiger partial charge is 0.261 e. The maximum Gasteiger partial charge on any atom is 0.261 e. The first-order valence-corrected chi connectivity index (χ1v) is 6.18. The number of hydrogen-bond donors (Lipinski definition) is 1. The molecule has 1 aromatic carbocycles. The highest BCUT2D eigenvalue weighted by molar-refractivity contribution is 6.33. The summed E-state index contributed by atoms with van der Waals surface area (Å²) in [5.74, 6) is 0.665. The Balaban J connectivity index is 1.96. The van der Waals surface area contributed by atoms with Crippen molar-refractivity contribution in [2.75, 3.05) is 18.9 Å². The number of benzene rings is 1. The van der Waals surface area contributed by atoms with Gasteiger partial charge in [0.1, 0.15) is 6.61 Å². The normalized spacial score (nSPS) is 11.2. The molecule has 0 saturated carbocycles. The standard InChI is InChI=1S/C12H12ClF2N3O2/c13-8-5-7(1-2-9(8)16)12-17-11(18-20-12)3-4-19-6-10(14)15/h1-2,5,10H,3-4,6,16H2. The van der Waals surface area contributed by atoms with Gasteiger partial charge < -0.3 is 15.0 Å². The molecule has 0 radical (unpaired) electrons. The van der Waals surface area contributed by atoms with Crippen molar-refractivity contribution in [3.63, 3.8) is 0 Å². The fourth-order valence-electron chi connectivity index (χ4n) is 1.47. The quantitative estimate of drug-likeness (QED) is 0.656. The molecule has 108 valence electrons. The fraction of sp³-hybridized carbons (Fsp3) is 0.333. The van der Waals surface area contributed by atoms with E-state index in [1.807, 2.05) is 0 Å². The van der Waals surface area contributed by atoms with Gasteiger partial charge in [0.2, 0.25) is 0 Å². The Morgan fingerprint density at radius 3 is 2.90 bits per heavy atom. The van der Waals surface area contributed by atoms with Gasteiger partial charge in [0.25, 0.3) is 12.3 Å². The fourth-order valence-corrected chi connectivity index (χ4v) is 1.65. The third kappa shape index (κ3) is 3.88. The zero-order valence-electron chi connectivity index (χ0n) is 10.4. The second-order valence-corrected chi connectivity index (χ2v) is 4.38. The summed E-state index contributed by atoms with van der Waals surface area (Å²) in [5.41, 5.74) is 6.69. The molecule has 2 N–H and O–H groups in total. The van der Waals surface area contributed by atoms with Crippen LogP contribution in [-0.4, -0.2) is 29.8 Å². The van der Waals surface area contributed by atoms with Gasteiger partial charge in [0, 0.05) is 12.0 Å². The first-order chi connectivity index (χ1) is 9.56. The van der Waals surface area contributed by atoms with Crippen LogP contribution in [0.5, 0.6) is 0 Å². The molecule has 0 amide bonds. The van der Waals surface area contributed by atoms with Crippen LogP contribution in [0.15, 0.2) is 22.7 Å². The molecule has 0 fully saturated rings. The molecule has 20 heavy (non-hydrogen) atoms. The molecule has 0 unspecified atom stereocenters. The van der Waals surface area contributed by atoms with Gasteiger partial charge in [0.05, 0.1) is 17.3 Å². The van der Waals surface area contributed by atoms with Crippen molar-refractivity contribution < 1.29 is 18.0 Å². The molecule has 0 aliphatic carbocycles. The van der Waals surface area contributed by atoms with Crippen molar-refractivity contribution in [2.24, 2.45) is 0 Å². The van der Waals surface area contributed by atoms with Crippen LogP contribution in [-0.2, 0) is 11.2 Å². The second-order valence-electron chi connectivity index (χ2n) is 3.97. The number of nitrogens with zero attached hydrogens (tertiary/aromatic N) is 2. The third-order valence-electron chi connectivity index (χ3n) is 2.43. The molecule has 0 spiro atoms. The summed E-state index contributed by atoms with van der Waals surface area (Å²) < 4.78 is 33.5. The summed E-state index contributed by atoms with van der Waals surface area (Å²) in [7, 11) is 0. The molecular formula is C12H12ClF2N3O2. The SMILES string of the molecule is Nc1ccc(-c2nc(CCOCC(F)F)no2)cc1Cl. The second kappa shape index (κ2) is 6.62. The lowest BCUT2D eigenvalue weighted by Gasteiger charge is -2.00. The largest absolute Gasteiger partial charge is 0.398 e. The van der Waals surface area contributed by atoms with Crippen LogP contribution in [0.2, 0.25) is 5.02 Å². The minimum absolute atomic E-state index is 0.103. The van der Waals surface area contributed by atoms with Gasteiger partial charge in [-0.1, -0.05) is 16.8 Å². The van der Waals surface area contributed by atoms with E-state index in [1.54, 1.807) is 18.2 Å². The maximum absolute atomic E-state index is 11.9. The van der Waals surface area contributed by atoms with Crippen LogP contribution < -0.4 is 5.73 Å². The van der Waals surface area contributed by atoms with Gasteiger partial charge in [-0.25, -0.2) is 8.78 Å². The number of alkyl halides is 2. The minimum Gasteiger partial charge on any atom is -0.398 e. The lowest BCUT2D eigenvalue weighted by molar-refractivity contribution is 0.0182. The molecule has 0 bridgehead atoms. The monoisotopic (exact) mass is 303 g/mol. The van der Waals surface area contributed by atoms with Gasteiger partial charge in [-0.05, 0) is 18.2 Å². The molecule has 0 aliphatic heterocycles.